The Morgan fingerprint density at radius 3 is 2.75 bits per heavy atom. The molecule has 2 unspecified atom stereocenters. The fourth-order valence-corrected chi connectivity index (χ4v) is 3.21. The first kappa shape index (κ1) is 6.58. The van der Waals surface area contributed by atoms with Gasteiger partial charge >= 0.3 is 0 Å². The molecule has 2 nitrogen and oxygen atoms in total. The van der Waals surface area contributed by atoms with E-state index >= 15 is 0 Å². The monoisotopic (exact) mass is 151 g/mol. The van der Waals surface area contributed by atoms with E-state index in [1.54, 1.807) is 0 Å². The lowest BCUT2D eigenvalue weighted by Gasteiger charge is -1.97. The summed E-state index contributed by atoms with van der Waals surface area (Å²) in [7, 11) is -0.554. The Morgan fingerprint density at radius 1 is 1.75 bits per heavy atom. The van der Waals surface area contributed by atoms with Crippen LogP contribution in [0.25, 0.3) is 0 Å². The van der Waals surface area contributed by atoms with Gasteiger partial charge in [0, 0.05) is 27.6 Å². The first-order valence-corrected chi connectivity index (χ1v) is 4.96. The Kier molecular flexibility index (Phi) is 2.34. The first-order chi connectivity index (χ1) is 3.83. The van der Waals surface area contributed by atoms with Crippen molar-refractivity contribution in [3.63, 3.8) is 0 Å². The van der Waals surface area contributed by atoms with E-state index in [0.29, 0.717) is 5.25 Å². The van der Waals surface area contributed by atoms with Crippen LogP contribution in [0.2, 0.25) is 0 Å². The molecule has 48 valence electrons. The van der Waals surface area contributed by atoms with Crippen LogP contribution in [-0.4, -0.2) is 21.0 Å². The normalized spacial score (nSPS) is 38.1. The predicted molar refractivity (Wildman–Crippen MR) is 38.1 cm³/mol. The van der Waals surface area contributed by atoms with E-state index in [0.717, 1.165) is 17.9 Å². The second-order valence-electron chi connectivity index (χ2n) is 1.86. The van der Waals surface area contributed by atoms with Crippen molar-refractivity contribution in [1.82, 2.24) is 0 Å². The maximum Gasteiger partial charge on any atom is 0.0366 e. The van der Waals surface area contributed by atoms with Gasteiger partial charge in [0.2, 0.25) is 0 Å². The minimum atomic E-state index is -0.554. The fraction of sp³-hybridized carbons (Fsp3) is 1.00. The molecule has 1 heterocycles. The Labute approximate surface area is 55.8 Å². The van der Waals surface area contributed by atoms with Gasteiger partial charge in [-0.1, -0.05) is 11.9 Å². The zero-order valence-electron chi connectivity index (χ0n) is 4.50. The summed E-state index contributed by atoms with van der Waals surface area (Å²) in [5.41, 5.74) is 0. The largest absolute Gasteiger partial charge is 0.278 e. The maximum atomic E-state index is 10.7. The van der Waals surface area contributed by atoms with Crippen molar-refractivity contribution >= 4 is 22.7 Å². The van der Waals surface area contributed by atoms with E-state index in [9.17, 15) is 4.21 Å². The molecular weight excluding hydrogens is 142 g/mol. The molecule has 0 aromatic rings. The van der Waals surface area contributed by atoms with Crippen molar-refractivity contribution in [2.75, 3.05) is 11.5 Å². The molecule has 2 N–H and O–H groups in total. The molecule has 2 atom stereocenters. The molecule has 0 saturated carbocycles. The van der Waals surface area contributed by atoms with Gasteiger partial charge in [0.05, 0.1) is 0 Å². The van der Waals surface area contributed by atoms with Crippen LogP contribution in [0.15, 0.2) is 0 Å². The first-order valence-electron chi connectivity index (χ1n) is 2.53. The third-order valence-electron chi connectivity index (χ3n) is 1.23. The average Bonchev–Trinajstić information content (AvgIpc) is 2.14. The standard InChI is InChI=1S/C4H9NOS2/c5-7-4-1-2-8(6)3-4/h4H,1-3,5H2. The molecule has 0 bridgehead atoms. The molecule has 1 aliphatic rings. The van der Waals surface area contributed by atoms with Crippen molar-refractivity contribution in [1.29, 1.82) is 0 Å². The van der Waals surface area contributed by atoms with Crippen LogP contribution in [-0.2, 0) is 10.8 Å². The molecule has 1 fully saturated rings. The Bertz CT molecular complexity index is 106. The minimum Gasteiger partial charge on any atom is -0.278 e. The second kappa shape index (κ2) is 2.85. The van der Waals surface area contributed by atoms with Gasteiger partial charge in [-0.05, 0) is 6.42 Å². The number of rotatable bonds is 1. The summed E-state index contributed by atoms with van der Waals surface area (Å²) in [6.45, 7) is 0. The second-order valence-corrected chi connectivity index (χ2v) is 4.42. The molecule has 0 aromatic carbocycles. The average molecular weight is 151 g/mol. The molecule has 4 heteroatoms. The van der Waals surface area contributed by atoms with Gasteiger partial charge in [-0.25, -0.2) is 0 Å². The van der Waals surface area contributed by atoms with Gasteiger partial charge in [0.25, 0.3) is 0 Å². The summed E-state index contributed by atoms with van der Waals surface area (Å²) in [4.78, 5) is 0. The smallest absolute Gasteiger partial charge is 0.0366 e. The number of nitrogens with two attached hydrogens (primary N) is 1. The van der Waals surface area contributed by atoms with Gasteiger partial charge in [-0.2, -0.15) is 0 Å². The van der Waals surface area contributed by atoms with Crippen LogP contribution in [0.1, 0.15) is 6.42 Å². The third-order valence-corrected chi connectivity index (χ3v) is 3.70. The zero-order chi connectivity index (χ0) is 5.98. The van der Waals surface area contributed by atoms with E-state index in [4.69, 9.17) is 5.14 Å². The highest BCUT2D eigenvalue weighted by Crippen LogP contribution is 2.16. The Balaban J connectivity index is 2.32. The van der Waals surface area contributed by atoms with Crippen LogP contribution < -0.4 is 5.14 Å². The third kappa shape index (κ3) is 1.47. The lowest BCUT2D eigenvalue weighted by molar-refractivity contribution is 0.687. The van der Waals surface area contributed by atoms with Crippen molar-refractivity contribution in [2.45, 2.75) is 11.7 Å². The fourth-order valence-electron chi connectivity index (χ4n) is 0.744. The summed E-state index contributed by atoms with van der Waals surface area (Å²) in [5, 5.41) is 5.75. The highest BCUT2D eigenvalue weighted by atomic mass is 32.2. The van der Waals surface area contributed by atoms with Crippen LogP contribution in [0.3, 0.4) is 0 Å². The summed E-state index contributed by atoms with van der Waals surface area (Å²) in [6.07, 6.45) is 1.04. The quantitative estimate of drug-likeness (QED) is 0.541. The molecule has 0 spiro atoms. The van der Waals surface area contributed by atoms with E-state index in [-0.39, 0.29) is 0 Å². The molecule has 0 radical (unpaired) electrons. The van der Waals surface area contributed by atoms with Gasteiger partial charge in [0.15, 0.2) is 0 Å². The van der Waals surface area contributed by atoms with Gasteiger partial charge in [-0.15, -0.1) is 0 Å². The van der Waals surface area contributed by atoms with Crippen molar-refractivity contribution in [3.05, 3.63) is 0 Å². The summed E-state index contributed by atoms with van der Waals surface area (Å²) < 4.78 is 10.7. The van der Waals surface area contributed by atoms with Crippen LogP contribution in [0, 0.1) is 0 Å². The molecule has 0 aliphatic carbocycles. The number of hydrogen-bond acceptors (Lipinski definition) is 3. The lowest BCUT2D eigenvalue weighted by Crippen LogP contribution is -2.04. The lowest BCUT2D eigenvalue weighted by atomic mass is 10.4. The van der Waals surface area contributed by atoms with Gasteiger partial charge in [-0.3, -0.25) is 9.35 Å². The van der Waals surface area contributed by atoms with Crippen LogP contribution >= 0.6 is 11.9 Å². The Hall–Kier alpha value is 0.460. The summed E-state index contributed by atoms with van der Waals surface area (Å²) in [6, 6.07) is 0. The molecular formula is C4H9NOS2. The van der Waals surface area contributed by atoms with Gasteiger partial charge in [0.1, 0.15) is 0 Å². The van der Waals surface area contributed by atoms with Gasteiger partial charge < -0.3 is 0 Å². The van der Waals surface area contributed by atoms with Crippen LogP contribution in [0.4, 0.5) is 0 Å². The van der Waals surface area contributed by atoms with E-state index in [1.807, 2.05) is 0 Å². The van der Waals surface area contributed by atoms with E-state index in [1.165, 1.54) is 11.9 Å². The topological polar surface area (TPSA) is 43.1 Å². The molecule has 1 aliphatic heterocycles. The van der Waals surface area contributed by atoms with Crippen molar-refractivity contribution in [3.8, 4) is 0 Å². The maximum absolute atomic E-state index is 10.7. The molecule has 1 saturated heterocycles. The minimum absolute atomic E-state index is 0.468. The molecule has 1 rings (SSSR count). The van der Waals surface area contributed by atoms with Crippen molar-refractivity contribution in [2.24, 2.45) is 5.14 Å². The van der Waals surface area contributed by atoms with Crippen molar-refractivity contribution < 1.29 is 4.21 Å². The van der Waals surface area contributed by atoms with Crippen LogP contribution in [0.5, 0.6) is 0 Å². The predicted octanol–water partition coefficient (Wildman–Crippen LogP) is 0.114. The summed E-state index contributed by atoms with van der Waals surface area (Å²) >= 11 is 1.34. The highest BCUT2D eigenvalue weighted by Gasteiger charge is 2.19. The van der Waals surface area contributed by atoms with E-state index < -0.39 is 10.8 Å². The van der Waals surface area contributed by atoms with E-state index in [2.05, 4.69) is 0 Å². The SMILES string of the molecule is NSC1CCS(=O)C1. The molecule has 0 amide bonds. The summed E-state index contributed by atoms with van der Waals surface area (Å²) in [5.74, 6) is 1.66. The Morgan fingerprint density at radius 2 is 2.50 bits per heavy atom. The zero-order valence-corrected chi connectivity index (χ0v) is 6.13. The number of hydrogen-bond donors (Lipinski definition) is 1. The highest BCUT2D eigenvalue weighted by molar-refractivity contribution is 7.99. The molecule has 8 heavy (non-hydrogen) atoms. The molecule has 0 aromatic heterocycles.